The number of methoxy groups -OCH3 is 1. The van der Waals surface area contributed by atoms with E-state index in [4.69, 9.17) is 16.3 Å². The lowest BCUT2D eigenvalue weighted by molar-refractivity contribution is -0.113. The SMILES string of the molecule is COCCCn1cnnc1SCC(=O)Nc1ccc(C)cc1Cl. The van der Waals surface area contributed by atoms with Gasteiger partial charge in [0.25, 0.3) is 0 Å². The standard InChI is InChI=1S/C15H19ClN4O2S/c1-11-4-5-13(12(16)8-11)18-14(21)9-23-15-19-17-10-20(15)6-3-7-22-2/h4-5,8,10H,3,6-7,9H2,1-2H3,(H,18,21). The zero-order valence-corrected chi connectivity index (χ0v) is 14.7. The number of benzene rings is 1. The third kappa shape index (κ3) is 5.53. The molecule has 1 heterocycles. The van der Waals surface area contributed by atoms with Gasteiger partial charge in [-0.1, -0.05) is 29.4 Å². The van der Waals surface area contributed by atoms with Crippen LogP contribution in [0.15, 0.2) is 29.7 Å². The third-order valence-electron chi connectivity index (χ3n) is 3.06. The highest BCUT2D eigenvalue weighted by molar-refractivity contribution is 7.99. The first-order valence-corrected chi connectivity index (χ1v) is 8.52. The zero-order chi connectivity index (χ0) is 16.7. The van der Waals surface area contributed by atoms with Crippen LogP contribution in [0.2, 0.25) is 5.02 Å². The second-order valence-corrected chi connectivity index (χ2v) is 6.32. The highest BCUT2D eigenvalue weighted by atomic mass is 35.5. The number of amides is 1. The maximum absolute atomic E-state index is 12.0. The van der Waals surface area contributed by atoms with Crippen LogP contribution in [0.4, 0.5) is 5.69 Å². The van der Waals surface area contributed by atoms with Gasteiger partial charge in [-0.25, -0.2) is 0 Å². The number of nitrogens with zero attached hydrogens (tertiary/aromatic N) is 3. The van der Waals surface area contributed by atoms with Crippen LogP contribution in [0.25, 0.3) is 0 Å². The molecule has 1 N–H and O–H groups in total. The summed E-state index contributed by atoms with van der Waals surface area (Å²) in [6, 6.07) is 5.52. The van der Waals surface area contributed by atoms with Crippen molar-refractivity contribution in [2.45, 2.75) is 25.0 Å². The van der Waals surface area contributed by atoms with E-state index in [2.05, 4.69) is 15.5 Å². The van der Waals surface area contributed by atoms with Crippen LogP contribution in [0.1, 0.15) is 12.0 Å². The summed E-state index contributed by atoms with van der Waals surface area (Å²) in [6.45, 7) is 3.38. The smallest absolute Gasteiger partial charge is 0.234 e. The van der Waals surface area contributed by atoms with Crippen LogP contribution in [0, 0.1) is 6.92 Å². The van der Waals surface area contributed by atoms with E-state index in [0.717, 1.165) is 18.5 Å². The predicted octanol–water partition coefficient (Wildman–Crippen LogP) is 3.01. The molecule has 0 fully saturated rings. The highest BCUT2D eigenvalue weighted by Gasteiger charge is 2.10. The number of nitrogens with one attached hydrogen (secondary N) is 1. The Hall–Kier alpha value is -1.57. The summed E-state index contributed by atoms with van der Waals surface area (Å²) in [5.74, 6) is 0.111. The molecule has 2 aromatic rings. The Morgan fingerprint density at radius 2 is 2.30 bits per heavy atom. The lowest BCUT2D eigenvalue weighted by Gasteiger charge is -2.08. The van der Waals surface area contributed by atoms with E-state index >= 15 is 0 Å². The maximum atomic E-state index is 12.0. The molecule has 1 aromatic heterocycles. The molecule has 0 saturated carbocycles. The summed E-state index contributed by atoms with van der Waals surface area (Å²) in [5, 5.41) is 12.0. The Kier molecular flexibility index (Phi) is 6.88. The molecule has 0 saturated heterocycles. The first kappa shape index (κ1) is 17.8. The van der Waals surface area contributed by atoms with Gasteiger partial charge in [0.05, 0.1) is 16.5 Å². The number of halogens is 1. The highest BCUT2D eigenvalue weighted by Crippen LogP contribution is 2.23. The van der Waals surface area contributed by atoms with Gasteiger partial charge < -0.3 is 14.6 Å². The van der Waals surface area contributed by atoms with Crippen molar-refractivity contribution < 1.29 is 9.53 Å². The summed E-state index contributed by atoms with van der Waals surface area (Å²) in [5.41, 5.74) is 1.66. The Morgan fingerprint density at radius 1 is 1.48 bits per heavy atom. The molecular weight excluding hydrogens is 336 g/mol. The number of rotatable bonds is 8. The van der Waals surface area contributed by atoms with Crippen LogP contribution in [0.5, 0.6) is 0 Å². The molecule has 0 aliphatic rings. The van der Waals surface area contributed by atoms with E-state index in [1.165, 1.54) is 11.8 Å². The molecule has 23 heavy (non-hydrogen) atoms. The molecule has 0 bridgehead atoms. The minimum absolute atomic E-state index is 0.132. The van der Waals surface area contributed by atoms with Gasteiger partial charge in [-0.3, -0.25) is 4.79 Å². The molecule has 1 aromatic carbocycles. The van der Waals surface area contributed by atoms with Crippen molar-refractivity contribution >= 4 is 35.0 Å². The van der Waals surface area contributed by atoms with Gasteiger partial charge in [0.1, 0.15) is 6.33 Å². The Balaban J connectivity index is 1.86. The zero-order valence-electron chi connectivity index (χ0n) is 13.1. The average molecular weight is 355 g/mol. The summed E-state index contributed by atoms with van der Waals surface area (Å²) in [6.07, 6.45) is 2.53. The molecule has 0 atom stereocenters. The molecule has 0 aliphatic heterocycles. The second-order valence-electron chi connectivity index (χ2n) is 4.97. The normalized spacial score (nSPS) is 10.7. The van der Waals surface area contributed by atoms with E-state index in [0.29, 0.717) is 22.5 Å². The van der Waals surface area contributed by atoms with Crippen LogP contribution in [-0.4, -0.2) is 40.1 Å². The molecule has 8 heteroatoms. The molecule has 2 rings (SSSR count). The Morgan fingerprint density at radius 3 is 3.04 bits per heavy atom. The van der Waals surface area contributed by atoms with E-state index in [9.17, 15) is 4.79 Å². The van der Waals surface area contributed by atoms with Gasteiger partial charge in [0.2, 0.25) is 5.91 Å². The number of aromatic nitrogens is 3. The van der Waals surface area contributed by atoms with Crippen molar-refractivity contribution in [3.8, 4) is 0 Å². The summed E-state index contributed by atoms with van der Waals surface area (Å²) in [7, 11) is 1.67. The number of carbonyl (C=O) groups excluding carboxylic acids is 1. The van der Waals surface area contributed by atoms with Gasteiger partial charge in [-0.2, -0.15) is 0 Å². The summed E-state index contributed by atoms with van der Waals surface area (Å²) >= 11 is 7.45. The quantitative estimate of drug-likeness (QED) is 0.583. The topological polar surface area (TPSA) is 69.0 Å². The van der Waals surface area contributed by atoms with Gasteiger partial charge in [-0.15, -0.1) is 10.2 Å². The van der Waals surface area contributed by atoms with Gasteiger partial charge >= 0.3 is 0 Å². The molecule has 0 spiro atoms. The second kappa shape index (κ2) is 8.90. The number of hydrogen-bond acceptors (Lipinski definition) is 5. The van der Waals surface area contributed by atoms with Gasteiger partial charge in [0, 0.05) is 20.3 Å². The van der Waals surface area contributed by atoms with Crippen LogP contribution in [0.3, 0.4) is 0 Å². The number of aryl methyl sites for hydroxylation is 2. The fourth-order valence-corrected chi connectivity index (χ4v) is 2.95. The first-order valence-electron chi connectivity index (χ1n) is 7.15. The van der Waals surface area contributed by atoms with Crippen molar-refractivity contribution in [1.29, 1.82) is 0 Å². The molecule has 0 radical (unpaired) electrons. The fraction of sp³-hybridized carbons (Fsp3) is 0.400. The molecule has 0 unspecified atom stereocenters. The van der Waals surface area contributed by atoms with Crippen molar-refractivity contribution in [2.75, 3.05) is 24.8 Å². The molecule has 0 aliphatic carbocycles. The van der Waals surface area contributed by atoms with E-state index in [1.807, 2.05) is 23.6 Å². The van der Waals surface area contributed by atoms with Crippen LogP contribution < -0.4 is 5.32 Å². The number of carbonyl (C=O) groups is 1. The lowest BCUT2D eigenvalue weighted by Crippen LogP contribution is -2.15. The number of hydrogen-bond donors (Lipinski definition) is 1. The van der Waals surface area contributed by atoms with Crippen LogP contribution in [-0.2, 0) is 16.1 Å². The Labute approximate surface area is 144 Å². The minimum Gasteiger partial charge on any atom is -0.385 e. The molecule has 124 valence electrons. The molecule has 6 nitrogen and oxygen atoms in total. The summed E-state index contributed by atoms with van der Waals surface area (Å²) in [4.78, 5) is 12.0. The van der Waals surface area contributed by atoms with Crippen LogP contribution >= 0.6 is 23.4 Å². The molecular formula is C15H19ClN4O2S. The maximum Gasteiger partial charge on any atom is 0.234 e. The fourth-order valence-electron chi connectivity index (χ4n) is 1.93. The molecule has 1 amide bonds. The lowest BCUT2D eigenvalue weighted by atomic mass is 10.2. The van der Waals surface area contributed by atoms with E-state index in [-0.39, 0.29) is 11.7 Å². The minimum atomic E-state index is -0.132. The van der Waals surface area contributed by atoms with Crippen molar-refractivity contribution in [1.82, 2.24) is 14.8 Å². The van der Waals surface area contributed by atoms with Crippen molar-refractivity contribution in [2.24, 2.45) is 0 Å². The number of ether oxygens (including phenoxy) is 1. The van der Waals surface area contributed by atoms with E-state index < -0.39 is 0 Å². The third-order valence-corrected chi connectivity index (χ3v) is 4.35. The number of anilines is 1. The van der Waals surface area contributed by atoms with E-state index in [1.54, 1.807) is 19.5 Å². The van der Waals surface area contributed by atoms with Gasteiger partial charge in [-0.05, 0) is 31.0 Å². The van der Waals surface area contributed by atoms with Crippen molar-refractivity contribution in [3.63, 3.8) is 0 Å². The van der Waals surface area contributed by atoms with Crippen molar-refractivity contribution in [3.05, 3.63) is 35.1 Å². The monoisotopic (exact) mass is 354 g/mol. The predicted molar refractivity (Wildman–Crippen MR) is 92.1 cm³/mol. The largest absolute Gasteiger partial charge is 0.385 e. The average Bonchev–Trinajstić information content (AvgIpc) is 2.96. The number of thioether (sulfide) groups is 1. The Bertz CT molecular complexity index is 663. The van der Waals surface area contributed by atoms with Gasteiger partial charge in [0.15, 0.2) is 5.16 Å². The first-order chi connectivity index (χ1) is 11.1. The summed E-state index contributed by atoms with van der Waals surface area (Å²) < 4.78 is 6.94.